The van der Waals surface area contributed by atoms with Gasteiger partial charge in [-0.1, -0.05) is 40.0 Å². The SMILES string of the molecule is CCC(COC(=O)CC1(CN)CCCCC1)OC(=O)C[C@H](CN)CC(C)C.Cl.Cl. The molecular weight excluding hydrogens is 415 g/mol. The van der Waals surface area contributed by atoms with Crippen LogP contribution in [-0.2, 0) is 19.1 Å². The van der Waals surface area contributed by atoms with Gasteiger partial charge in [0, 0.05) is 6.42 Å². The smallest absolute Gasteiger partial charge is 0.306 e. The summed E-state index contributed by atoms with van der Waals surface area (Å²) in [5.74, 6) is 0.119. The van der Waals surface area contributed by atoms with Crippen molar-refractivity contribution in [2.45, 2.75) is 84.7 Å². The molecule has 1 rings (SSSR count). The van der Waals surface area contributed by atoms with E-state index in [0.717, 1.165) is 32.1 Å². The molecule has 8 heteroatoms. The van der Waals surface area contributed by atoms with E-state index in [1.54, 1.807) is 0 Å². The third-order valence-corrected chi connectivity index (χ3v) is 5.64. The van der Waals surface area contributed by atoms with Gasteiger partial charge in [-0.3, -0.25) is 9.59 Å². The van der Waals surface area contributed by atoms with Crippen LogP contribution in [0.25, 0.3) is 0 Å². The number of halogens is 2. The molecule has 0 spiro atoms. The first-order valence-electron chi connectivity index (χ1n) is 10.6. The number of esters is 2. The number of rotatable bonds is 12. The molecule has 1 aliphatic rings. The molecule has 0 saturated heterocycles. The summed E-state index contributed by atoms with van der Waals surface area (Å²) >= 11 is 0. The molecule has 0 bridgehead atoms. The largest absolute Gasteiger partial charge is 0.462 e. The molecule has 1 fully saturated rings. The van der Waals surface area contributed by atoms with Gasteiger partial charge in [0.15, 0.2) is 0 Å². The maximum Gasteiger partial charge on any atom is 0.306 e. The molecule has 29 heavy (non-hydrogen) atoms. The van der Waals surface area contributed by atoms with Gasteiger partial charge >= 0.3 is 11.9 Å². The second kappa shape index (κ2) is 16.2. The average molecular weight is 457 g/mol. The summed E-state index contributed by atoms with van der Waals surface area (Å²) in [6.45, 7) is 7.25. The normalized spacial score (nSPS) is 17.4. The highest BCUT2D eigenvalue weighted by molar-refractivity contribution is 5.85. The Bertz CT molecular complexity index is 458. The molecule has 0 aromatic rings. The zero-order chi connectivity index (χ0) is 20.3. The lowest BCUT2D eigenvalue weighted by Gasteiger charge is -2.35. The van der Waals surface area contributed by atoms with Gasteiger partial charge in [0.05, 0.1) is 6.42 Å². The van der Waals surface area contributed by atoms with Crippen LogP contribution in [0.15, 0.2) is 0 Å². The Balaban J connectivity index is 0. The van der Waals surface area contributed by atoms with Crippen LogP contribution >= 0.6 is 24.8 Å². The summed E-state index contributed by atoms with van der Waals surface area (Å²) < 4.78 is 10.9. The second-order valence-electron chi connectivity index (χ2n) is 8.58. The van der Waals surface area contributed by atoms with Crippen molar-refractivity contribution >= 4 is 36.8 Å². The summed E-state index contributed by atoms with van der Waals surface area (Å²) in [5.41, 5.74) is 11.6. The summed E-state index contributed by atoms with van der Waals surface area (Å²) in [6, 6.07) is 0. The third kappa shape index (κ3) is 12.0. The van der Waals surface area contributed by atoms with Crippen LogP contribution in [0.1, 0.15) is 78.6 Å². The van der Waals surface area contributed by atoms with Crippen LogP contribution in [0.3, 0.4) is 0 Å². The minimum Gasteiger partial charge on any atom is -0.462 e. The van der Waals surface area contributed by atoms with Crippen LogP contribution < -0.4 is 11.5 Å². The predicted molar refractivity (Wildman–Crippen MR) is 121 cm³/mol. The molecule has 0 aromatic heterocycles. The fourth-order valence-corrected chi connectivity index (χ4v) is 3.93. The molecule has 6 nitrogen and oxygen atoms in total. The number of nitrogens with two attached hydrogens (primary N) is 2. The van der Waals surface area contributed by atoms with Crippen molar-refractivity contribution in [3.05, 3.63) is 0 Å². The summed E-state index contributed by atoms with van der Waals surface area (Å²) in [4.78, 5) is 24.5. The van der Waals surface area contributed by atoms with Gasteiger partial charge < -0.3 is 20.9 Å². The lowest BCUT2D eigenvalue weighted by Crippen LogP contribution is -2.36. The molecule has 0 aromatic carbocycles. The van der Waals surface area contributed by atoms with Crippen LogP contribution in [0, 0.1) is 17.3 Å². The van der Waals surface area contributed by atoms with Gasteiger partial charge in [0.25, 0.3) is 0 Å². The van der Waals surface area contributed by atoms with E-state index in [1.807, 2.05) is 6.92 Å². The molecular formula is C21H42Cl2N2O4. The van der Waals surface area contributed by atoms with Crippen LogP contribution in [-0.4, -0.2) is 37.7 Å². The van der Waals surface area contributed by atoms with Gasteiger partial charge in [-0.25, -0.2) is 0 Å². The molecule has 2 atom stereocenters. The average Bonchev–Trinajstić information content (AvgIpc) is 2.64. The van der Waals surface area contributed by atoms with Crippen LogP contribution in [0.2, 0.25) is 0 Å². The first-order chi connectivity index (χ1) is 12.8. The Kier molecular flexibility index (Phi) is 17.1. The van der Waals surface area contributed by atoms with Gasteiger partial charge in [0.1, 0.15) is 12.7 Å². The summed E-state index contributed by atoms with van der Waals surface area (Å²) in [6.07, 6.45) is 7.22. The summed E-state index contributed by atoms with van der Waals surface area (Å²) in [7, 11) is 0. The Morgan fingerprint density at radius 1 is 1.03 bits per heavy atom. The van der Waals surface area contributed by atoms with E-state index in [4.69, 9.17) is 20.9 Å². The highest BCUT2D eigenvalue weighted by Gasteiger charge is 2.33. The molecule has 4 N–H and O–H groups in total. The summed E-state index contributed by atoms with van der Waals surface area (Å²) in [5, 5.41) is 0. The zero-order valence-corrected chi connectivity index (χ0v) is 20.0. The molecule has 0 heterocycles. The fourth-order valence-electron chi connectivity index (χ4n) is 3.93. The number of carbonyl (C=O) groups is 2. The molecule has 0 amide bonds. The van der Waals surface area contributed by atoms with Gasteiger partial charge in [-0.15, -0.1) is 24.8 Å². The molecule has 0 aliphatic heterocycles. The highest BCUT2D eigenvalue weighted by Crippen LogP contribution is 2.38. The van der Waals surface area contributed by atoms with E-state index in [9.17, 15) is 9.59 Å². The van der Waals surface area contributed by atoms with Crippen LogP contribution in [0.5, 0.6) is 0 Å². The van der Waals surface area contributed by atoms with E-state index < -0.39 is 6.10 Å². The van der Waals surface area contributed by atoms with Gasteiger partial charge in [0.2, 0.25) is 0 Å². The van der Waals surface area contributed by atoms with Crippen molar-refractivity contribution in [2.75, 3.05) is 19.7 Å². The monoisotopic (exact) mass is 456 g/mol. The van der Waals surface area contributed by atoms with Crippen molar-refractivity contribution in [3.63, 3.8) is 0 Å². The first-order valence-corrected chi connectivity index (χ1v) is 10.6. The molecule has 1 saturated carbocycles. The fraction of sp³-hybridized carbons (Fsp3) is 0.905. The Hall–Kier alpha value is -0.560. The van der Waals surface area contributed by atoms with Gasteiger partial charge in [-0.2, -0.15) is 0 Å². The van der Waals surface area contributed by atoms with E-state index in [0.29, 0.717) is 38.3 Å². The van der Waals surface area contributed by atoms with Crippen molar-refractivity contribution in [1.82, 2.24) is 0 Å². The van der Waals surface area contributed by atoms with E-state index in [1.165, 1.54) is 6.42 Å². The lowest BCUT2D eigenvalue weighted by atomic mass is 9.72. The Morgan fingerprint density at radius 2 is 1.66 bits per heavy atom. The maximum atomic E-state index is 12.3. The van der Waals surface area contributed by atoms with Crippen LogP contribution in [0.4, 0.5) is 0 Å². The standard InChI is InChI=1S/C21H40N2O4.2ClH/c1-4-18(27-19(24)11-17(13-22)10-16(2)3)14-26-20(25)12-21(15-23)8-6-5-7-9-21;;/h16-18H,4-15,22-23H2,1-3H3;2*1H/t17-,18?;;/m1../s1. The first kappa shape index (κ1) is 30.6. The van der Waals surface area contributed by atoms with Crippen molar-refractivity contribution in [3.8, 4) is 0 Å². The van der Waals surface area contributed by atoms with Gasteiger partial charge in [-0.05, 0) is 56.0 Å². The van der Waals surface area contributed by atoms with E-state index in [2.05, 4.69) is 13.8 Å². The van der Waals surface area contributed by atoms with E-state index >= 15 is 0 Å². The Labute approximate surface area is 189 Å². The number of carbonyl (C=O) groups excluding carboxylic acids is 2. The van der Waals surface area contributed by atoms with Crippen molar-refractivity contribution in [2.24, 2.45) is 28.7 Å². The molecule has 1 aliphatic carbocycles. The quantitative estimate of drug-likeness (QED) is 0.429. The zero-order valence-electron chi connectivity index (χ0n) is 18.3. The maximum absolute atomic E-state index is 12.3. The predicted octanol–water partition coefficient (Wildman–Crippen LogP) is 4.01. The number of hydrogen-bond donors (Lipinski definition) is 2. The number of ether oxygens (including phenoxy) is 2. The minimum absolute atomic E-state index is 0. The second-order valence-corrected chi connectivity index (χ2v) is 8.58. The number of hydrogen-bond acceptors (Lipinski definition) is 6. The Morgan fingerprint density at radius 3 is 2.14 bits per heavy atom. The van der Waals surface area contributed by atoms with Crippen molar-refractivity contribution < 1.29 is 19.1 Å². The molecule has 0 radical (unpaired) electrons. The lowest BCUT2D eigenvalue weighted by molar-refractivity contribution is -0.161. The topological polar surface area (TPSA) is 105 Å². The molecule has 1 unspecified atom stereocenters. The minimum atomic E-state index is -0.404. The van der Waals surface area contributed by atoms with E-state index in [-0.39, 0.29) is 54.7 Å². The van der Waals surface area contributed by atoms with Crippen molar-refractivity contribution in [1.29, 1.82) is 0 Å². The highest BCUT2D eigenvalue weighted by atomic mass is 35.5. The molecule has 174 valence electrons. The third-order valence-electron chi connectivity index (χ3n) is 5.64.